The van der Waals surface area contributed by atoms with Gasteiger partial charge in [0.05, 0.1) is 5.02 Å². The Kier molecular flexibility index (Phi) is 3.29. The van der Waals surface area contributed by atoms with Crippen molar-refractivity contribution >= 4 is 23.2 Å². The lowest BCUT2D eigenvalue weighted by Crippen LogP contribution is -1.74. The molecule has 4 aliphatic carbocycles. The van der Waals surface area contributed by atoms with Crippen LogP contribution in [0.15, 0.2) is 72.8 Å². The fraction of sp³-hybridized carbons (Fsp3) is 0. The van der Waals surface area contributed by atoms with Gasteiger partial charge in [-0.25, -0.2) is 0 Å². The fourth-order valence-electron chi connectivity index (χ4n) is 2.94. The standard InChI is InChI=1S/C20H12Cl2/c21-19-12-17(15-9-5-2-6-10-16(15)19)18-11-13-7-3-1-4-8-14(13)20(18)22/h1-12H. The van der Waals surface area contributed by atoms with Crippen LogP contribution >= 0.6 is 23.2 Å². The Hall–Kier alpha value is -2.02. The zero-order valence-corrected chi connectivity index (χ0v) is 13.2. The van der Waals surface area contributed by atoms with E-state index in [1.54, 1.807) is 0 Å². The Labute approximate surface area is 139 Å². The summed E-state index contributed by atoms with van der Waals surface area (Å²) < 4.78 is 0. The quantitative estimate of drug-likeness (QED) is 0.358. The zero-order valence-electron chi connectivity index (χ0n) is 11.7. The van der Waals surface area contributed by atoms with Crippen molar-refractivity contribution in [1.29, 1.82) is 0 Å². The molecule has 0 aliphatic heterocycles. The molecular weight excluding hydrogens is 311 g/mol. The third-order valence-corrected chi connectivity index (χ3v) is 4.71. The average molecular weight is 323 g/mol. The van der Waals surface area contributed by atoms with Gasteiger partial charge in [0.15, 0.2) is 0 Å². The maximum atomic E-state index is 6.65. The largest absolute Gasteiger partial charge is 0.0836 e. The van der Waals surface area contributed by atoms with E-state index in [1.165, 1.54) is 0 Å². The van der Waals surface area contributed by atoms with Crippen LogP contribution in [-0.4, -0.2) is 0 Å². The van der Waals surface area contributed by atoms with E-state index in [2.05, 4.69) is 18.2 Å². The average Bonchev–Trinajstić information content (AvgIpc) is 2.82. The molecule has 2 heteroatoms. The molecule has 0 N–H and O–H groups in total. The summed E-state index contributed by atoms with van der Waals surface area (Å²) in [6.45, 7) is 0. The Morgan fingerprint density at radius 1 is 0.500 bits per heavy atom. The molecule has 0 unspecified atom stereocenters. The number of halogens is 2. The first kappa shape index (κ1) is 13.6. The summed E-state index contributed by atoms with van der Waals surface area (Å²) in [5.41, 5.74) is 6.49. The SMILES string of the molecule is Clc1cc(-c2cc3cccccc-3c2Cl)c2cccccc1-2. The Balaban J connectivity index is 2.03. The normalized spacial score (nSPS) is 11.2. The summed E-state index contributed by atoms with van der Waals surface area (Å²) in [4.78, 5) is 0. The molecule has 0 spiro atoms. The molecule has 0 nitrogen and oxygen atoms in total. The van der Waals surface area contributed by atoms with Crippen molar-refractivity contribution in [3.63, 3.8) is 0 Å². The van der Waals surface area contributed by atoms with Gasteiger partial charge in [0.1, 0.15) is 0 Å². The van der Waals surface area contributed by atoms with Crippen LogP contribution in [0.25, 0.3) is 33.4 Å². The van der Waals surface area contributed by atoms with E-state index in [-0.39, 0.29) is 0 Å². The molecule has 0 radical (unpaired) electrons. The van der Waals surface area contributed by atoms with Crippen molar-refractivity contribution in [2.24, 2.45) is 0 Å². The zero-order chi connectivity index (χ0) is 15.1. The predicted octanol–water partition coefficient (Wildman–Crippen LogP) is 6.87. The number of hydrogen-bond acceptors (Lipinski definition) is 0. The van der Waals surface area contributed by atoms with Crippen molar-refractivity contribution in [2.45, 2.75) is 0 Å². The molecule has 0 heterocycles. The first-order chi connectivity index (χ1) is 10.8. The minimum atomic E-state index is 0.757. The van der Waals surface area contributed by atoms with E-state index in [4.69, 9.17) is 23.2 Å². The van der Waals surface area contributed by atoms with Crippen molar-refractivity contribution in [1.82, 2.24) is 0 Å². The monoisotopic (exact) mass is 322 g/mol. The molecule has 4 aliphatic rings. The summed E-state index contributed by atoms with van der Waals surface area (Å²) in [5, 5.41) is 1.54. The molecule has 22 heavy (non-hydrogen) atoms. The molecule has 0 aromatic rings. The second-order valence-electron chi connectivity index (χ2n) is 5.30. The van der Waals surface area contributed by atoms with Gasteiger partial charge >= 0.3 is 0 Å². The van der Waals surface area contributed by atoms with Gasteiger partial charge in [0.25, 0.3) is 0 Å². The molecule has 0 saturated carbocycles. The van der Waals surface area contributed by atoms with Crippen molar-refractivity contribution < 1.29 is 0 Å². The molecule has 0 aromatic heterocycles. The Morgan fingerprint density at radius 2 is 1.14 bits per heavy atom. The second kappa shape index (κ2) is 5.31. The number of fused-ring (bicyclic) bond motifs is 2. The van der Waals surface area contributed by atoms with Crippen LogP contribution in [0.1, 0.15) is 0 Å². The van der Waals surface area contributed by atoms with Gasteiger partial charge in [-0.15, -0.1) is 0 Å². The van der Waals surface area contributed by atoms with E-state index in [0.29, 0.717) is 0 Å². The summed E-state index contributed by atoms with van der Waals surface area (Å²) in [7, 11) is 0. The van der Waals surface area contributed by atoms with Crippen LogP contribution in [0, 0.1) is 0 Å². The number of rotatable bonds is 1. The maximum absolute atomic E-state index is 6.65. The lowest BCUT2D eigenvalue weighted by molar-refractivity contribution is 1.78. The highest BCUT2D eigenvalue weighted by molar-refractivity contribution is 6.38. The van der Waals surface area contributed by atoms with Crippen molar-refractivity contribution in [2.75, 3.05) is 0 Å². The van der Waals surface area contributed by atoms with Gasteiger partial charge in [0, 0.05) is 21.7 Å². The molecule has 0 atom stereocenters. The Bertz CT molecular complexity index is 911. The van der Waals surface area contributed by atoms with Crippen molar-refractivity contribution in [3.05, 3.63) is 82.8 Å². The Morgan fingerprint density at radius 3 is 1.91 bits per heavy atom. The van der Waals surface area contributed by atoms with Gasteiger partial charge in [0.2, 0.25) is 0 Å². The summed E-state index contributed by atoms with van der Waals surface area (Å²) >= 11 is 13.1. The lowest BCUT2D eigenvalue weighted by atomic mass is 10.1. The molecule has 0 fully saturated rings. The molecule has 0 bridgehead atoms. The highest BCUT2D eigenvalue weighted by atomic mass is 35.5. The van der Waals surface area contributed by atoms with E-state index in [9.17, 15) is 0 Å². The third kappa shape index (κ3) is 2.08. The first-order valence-electron chi connectivity index (χ1n) is 7.10. The van der Waals surface area contributed by atoms with Gasteiger partial charge < -0.3 is 0 Å². The number of hydrogen-bond donors (Lipinski definition) is 0. The molecule has 0 aromatic carbocycles. The van der Waals surface area contributed by atoms with Crippen LogP contribution < -0.4 is 0 Å². The highest BCUT2D eigenvalue weighted by Gasteiger charge is 2.20. The highest BCUT2D eigenvalue weighted by Crippen LogP contribution is 2.47. The molecule has 0 amide bonds. The summed E-state index contributed by atoms with van der Waals surface area (Å²) in [6.07, 6.45) is 0. The van der Waals surface area contributed by atoms with Crippen LogP contribution in [0.3, 0.4) is 0 Å². The predicted molar refractivity (Wildman–Crippen MR) is 95.1 cm³/mol. The van der Waals surface area contributed by atoms with E-state index in [0.717, 1.165) is 43.4 Å². The molecule has 106 valence electrons. The van der Waals surface area contributed by atoms with Gasteiger partial charge in [-0.05, 0) is 28.8 Å². The topological polar surface area (TPSA) is 0 Å². The van der Waals surface area contributed by atoms with Gasteiger partial charge in [-0.3, -0.25) is 0 Å². The minimum absolute atomic E-state index is 0.757. The lowest BCUT2D eigenvalue weighted by Gasteiger charge is -2.00. The van der Waals surface area contributed by atoms with Crippen LogP contribution in [-0.2, 0) is 0 Å². The smallest absolute Gasteiger partial charge is 0.0563 e. The third-order valence-electron chi connectivity index (χ3n) is 3.99. The summed E-state index contributed by atoms with van der Waals surface area (Å²) in [6, 6.07) is 24.5. The minimum Gasteiger partial charge on any atom is -0.0836 e. The van der Waals surface area contributed by atoms with E-state index in [1.807, 2.05) is 54.6 Å². The van der Waals surface area contributed by atoms with Crippen LogP contribution in [0.4, 0.5) is 0 Å². The van der Waals surface area contributed by atoms with Crippen LogP contribution in [0.5, 0.6) is 0 Å². The van der Waals surface area contributed by atoms with Gasteiger partial charge in [-0.1, -0.05) is 83.9 Å². The second-order valence-corrected chi connectivity index (χ2v) is 6.08. The van der Waals surface area contributed by atoms with Crippen LogP contribution in [0.2, 0.25) is 10.0 Å². The van der Waals surface area contributed by atoms with E-state index < -0.39 is 0 Å². The molecule has 4 rings (SSSR count). The molecule has 0 saturated heterocycles. The van der Waals surface area contributed by atoms with E-state index >= 15 is 0 Å². The fourth-order valence-corrected chi connectivity index (χ4v) is 3.54. The summed E-state index contributed by atoms with van der Waals surface area (Å²) in [5.74, 6) is 0. The van der Waals surface area contributed by atoms with Gasteiger partial charge in [-0.2, -0.15) is 0 Å². The molecular formula is C20H12Cl2. The van der Waals surface area contributed by atoms with Crippen molar-refractivity contribution in [3.8, 4) is 33.4 Å². The maximum Gasteiger partial charge on any atom is 0.0563 e. The first-order valence-corrected chi connectivity index (χ1v) is 7.86.